The Hall–Kier alpha value is -0.820. The summed E-state index contributed by atoms with van der Waals surface area (Å²) in [6.07, 6.45) is 2.39. The van der Waals surface area contributed by atoms with E-state index < -0.39 is 10.0 Å². The van der Waals surface area contributed by atoms with Crippen LogP contribution in [-0.2, 0) is 16.6 Å². The molecule has 1 aliphatic heterocycles. The van der Waals surface area contributed by atoms with Crippen molar-refractivity contribution in [2.45, 2.75) is 38.8 Å². The highest BCUT2D eigenvalue weighted by Gasteiger charge is 2.23. The lowest BCUT2D eigenvalue weighted by Crippen LogP contribution is -2.44. The number of sulfonamides is 1. The van der Waals surface area contributed by atoms with Gasteiger partial charge in [0.05, 0.1) is 5.75 Å². The summed E-state index contributed by atoms with van der Waals surface area (Å²) in [5.74, 6) is 0.219. The number of piperidine rings is 1. The van der Waals surface area contributed by atoms with Gasteiger partial charge in [-0.15, -0.1) is 12.4 Å². The molecule has 1 aromatic rings. The standard InChI is InChI=1S/C15H25N3O2S.ClH/c1-2-10-21(19,20)17-15-6-8-18(9-7-15)12-13-4-3-5-14(16)11-13;/h3-5,11,15,17H,2,6-10,12,16H2,1H3;1H. The molecule has 5 nitrogen and oxygen atoms in total. The molecule has 0 atom stereocenters. The molecule has 0 radical (unpaired) electrons. The smallest absolute Gasteiger partial charge is 0.211 e. The molecule has 0 aliphatic carbocycles. The van der Waals surface area contributed by atoms with E-state index in [1.54, 1.807) is 0 Å². The fourth-order valence-corrected chi connectivity index (χ4v) is 4.14. The van der Waals surface area contributed by atoms with Crippen molar-refractivity contribution >= 4 is 28.1 Å². The number of hydrogen-bond acceptors (Lipinski definition) is 4. The minimum Gasteiger partial charge on any atom is -0.399 e. The maximum Gasteiger partial charge on any atom is 0.211 e. The Kier molecular flexibility index (Phi) is 7.62. The lowest BCUT2D eigenvalue weighted by Gasteiger charge is -2.32. The highest BCUT2D eigenvalue weighted by molar-refractivity contribution is 7.89. The van der Waals surface area contributed by atoms with Crippen molar-refractivity contribution in [2.75, 3.05) is 24.6 Å². The number of nitrogen functional groups attached to an aromatic ring is 1. The lowest BCUT2D eigenvalue weighted by molar-refractivity contribution is 0.200. The molecular formula is C15H26ClN3O2S. The summed E-state index contributed by atoms with van der Waals surface area (Å²) in [6.45, 7) is 4.58. The van der Waals surface area contributed by atoms with Crippen LogP contribution in [0.4, 0.5) is 5.69 Å². The first kappa shape index (κ1) is 19.2. The van der Waals surface area contributed by atoms with Gasteiger partial charge in [0.1, 0.15) is 0 Å². The largest absolute Gasteiger partial charge is 0.399 e. The zero-order chi connectivity index (χ0) is 15.3. The average Bonchev–Trinajstić information content (AvgIpc) is 2.40. The molecule has 7 heteroatoms. The van der Waals surface area contributed by atoms with Gasteiger partial charge in [-0.2, -0.15) is 0 Å². The number of likely N-dealkylation sites (tertiary alicyclic amines) is 1. The number of rotatable bonds is 6. The SMILES string of the molecule is CCCS(=O)(=O)NC1CCN(Cc2cccc(N)c2)CC1.Cl. The maximum absolute atomic E-state index is 11.8. The summed E-state index contributed by atoms with van der Waals surface area (Å²) in [6, 6.07) is 8.01. The second kappa shape index (κ2) is 8.72. The third kappa shape index (κ3) is 6.12. The molecule has 0 aromatic heterocycles. The Labute approximate surface area is 139 Å². The molecular weight excluding hydrogens is 322 g/mol. The topological polar surface area (TPSA) is 75.4 Å². The zero-order valence-electron chi connectivity index (χ0n) is 13.0. The van der Waals surface area contributed by atoms with Crippen molar-refractivity contribution in [3.05, 3.63) is 29.8 Å². The Morgan fingerprint density at radius 3 is 2.59 bits per heavy atom. The quantitative estimate of drug-likeness (QED) is 0.771. The molecule has 1 saturated heterocycles. The third-order valence-corrected chi connectivity index (χ3v) is 5.40. The van der Waals surface area contributed by atoms with E-state index in [4.69, 9.17) is 5.73 Å². The predicted molar refractivity (Wildman–Crippen MR) is 93.6 cm³/mol. The van der Waals surface area contributed by atoms with Crippen molar-refractivity contribution in [1.82, 2.24) is 9.62 Å². The Morgan fingerprint density at radius 2 is 2.00 bits per heavy atom. The van der Waals surface area contributed by atoms with Gasteiger partial charge in [-0.3, -0.25) is 4.90 Å². The average molecular weight is 348 g/mol. The van der Waals surface area contributed by atoms with Crippen LogP contribution >= 0.6 is 12.4 Å². The van der Waals surface area contributed by atoms with E-state index in [0.717, 1.165) is 38.2 Å². The minimum atomic E-state index is -3.10. The summed E-state index contributed by atoms with van der Waals surface area (Å²) >= 11 is 0. The van der Waals surface area contributed by atoms with Gasteiger partial charge >= 0.3 is 0 Å². The number of nitrogens with two attached hydrogens (primary N) is 1. The fourth-order valence-electron chi connectivity index (χ4n) is 2.74. The molecule has 22 heavy (non-hydrogen) atoms. The molecule has 0 unspecified atom stereocenters. The van der Waals surface area contributed by atoms with Gasteiger partial charge in [-0.25, -0.2) is 13.1 Å². The molecule has 0 bridgehead atoms. The molecule has 1 aromatic carbocycles. The molecule has 0 amide bonds. The van der Waals surface area contributed by atoms with E-state index in [-0.39, 0.29) is 24.2 Å². The number of nitrogens with one attached hydrogen (secondary N) is 1. The van der Waals surface area contributed by atoms with E-state index in [0.29, 0.717) is 6.42 Å². The van der Waals surface area contributed by atoms with Crippen LogP contribution in [0.5, 0.6) is 0 Å². The molecule has 0 saturated carbocycles. The van der Waals surface area contributed by atoms with Gasteiger partial charge in [0.25, 0.3) is 0 Å². The summed E-state index contributed by atoms with van der Waals surface area (Å²) < 4.78 is 26.4. The van der Waals surface area contributed by atoms with Gasteiger partial charge in [0, 0.05) is 31.4 Å². The summed E-state index contributed by atoms with van der Waals surface area (Å²) in [7, 11) is -3.10. The molecule has 2 rings (SSSR count). The van der Waals surface area contributed by atoms with E-state index in [1.807, 2.05) is 25.1 Å². The van der Waals surface area contributed by atoms with Crippen molar-refractivity contribution in [1.29, 1.82) is 0 Å². The molecule has 126 valence electrons. The normalized spacial score (nSPS) is 17.1. The van der Waals surface area contributed by atoms with Gasteiger partial charge in [0.2, 0.25) is 10.0 Å². The first-order chi connectivity index (χ1) is 9.98. The third-order valence-electron chi connectivity index (χ3n) is 3.76. The summed E-state index contributed by atoms with van der Waals surface area (Å²) in [4.78, 5) is 2.35. The first-order valence-electron chi connectivity index (χ1n) is 7.55. The van der Waals surface area contributed by atoms with Crippen LogP contribution in [0.15, 0.2) is 24.3 Å². The molecule has 1 fully saturated rings. The van der Waals surface area contributed by atoms with Crippen molar-refractivity contribution in [3.63, 3.8) is 0 Å². The van der Waals surface area contributed by atoms with E-state index in [2.05, 4.69) is 15.7 Å². The predicted octanol–water partition coefficient (Wildman–Crippen LogP) is 1.98. The lowest BCUT2D eigenvalue weighted by atomic mass is 10.1. The Bertz CT molecular complexity index is 558. The van der Waals surface area contributed by atoms with E-state index in [9.17, 15) is 8.42 Å². The van der Waals surface area contributed by atoms with Gasteiger partial charge in [-0.1, -0.05) is 19.1 Å². The fraction of sp³-hybridized carbons (Fsp3) is 0.600. The van der Waals surface area contributed by atoms with Crippen molar-refractivity contribution in [2.24, 2.45) is 0 Å². The van der Waals surface area contributed by atoms with Crippen LogP contribution < -0.4 is 10.5 Å². The van der Waals surface area contributed by atoms with Gasteiger partial charge in [0.15, 0.2) is 0 Å². The van der Waals surface area contributed by atoms with Crippen LogP contribution in [-0.4, -0.2) is 38.2 Å². The van der Waals surface area contributed by atoms with Gasteiger partial charge in [-0.05, 0) is 37.0 Å². The molecule has 1 heterocycles. The number of benzene rings is 1. The van der Waals surface area contributed by atoms with Crippen LogP contribution in [0.2, 0.25) is 0 Å². The highest BCUT2D eigenvalue weighted by Crippen LogP contribution is 2.16. The van der Waals surface area contributed by atoms with Crippen molar-refractivity contribution < 1.29 is 8.42 Å². The Balaban J connectivity index is 0.00000242. The molecule has 0 spiro atoms. The Morgan fingerprint density at radius 1 is 1.32 bits per heavy atom. The van der Waals surface area contributed by atoms with E-state index in [1.165, 1.54) is 5.56 Å². The monoisotopic (exact) mass is 347 g/mol. The minimum absolute atomic E-state index is 0. The summed E-state index contributed by atoms with van der Waals surface area (Å²) in [5.41, 5.74) is 7.78. The van der Waals surface area contributed by atoms with Crippen LogP contribution in [0, 0.1) is 0 Å². The molecule has 1 aliphatic rings. The first-order valence-corrected chi connectivity index (χ1v) is 9.20. The number of halogens is 1. The molecule has 3 N–H and O–H groups in total. The van der Waals surface area contributed by atoms with Gasteiger partial charge < -0.3 is 5.73 Å². The number of anilines is 1. The second-order valence-corrected chi connectivity index (χ2v) is 7.61. The van der Waals surface area contributed by atoms with Crippen molar-refractivity contribution in [3.8, 4) is 0 Å². The van der Waals surface area contributed by atoms with Crippen LogP contribution in [0.3, 0.4) is 0 Å². The maximum atomic E-state index is 11.8. The number of nitrogens with zero attached hydrogens (tertiary/aromatic N) is 1. The second-order valence-electron chi connectivity index (χ2n) is 5.73. The summed E-state index contributed by atoms with van der Waals surface area (Å²) in [5, 5.41) is 0. The van der Waals surface area contributed by atoms with E-state index >= 15 is 0 Å². The van der Waals surface area contributed by atoms with Crippen LogP contribution in [0.1, 0.15) is 31.7 Å². The van der Waals surface area contributed by atoms with Crippen LogP contribution in [0.25, 0.3) is 0 Å². The number of hydrogen-bond donors (Lipinski definition) is 2. The zero-order valence-corrected chi connectivity index (χ0v) is 14.6. The highest BCUT2D eigenvalue weighted by atomic mass is 35.5.